The van der Waals surface area contributed by atoms with Crippen LogP contribution < -0.4 is 10.6 Å². The molecule has 0 aliphatic rings. The number of nitrogens with zero attached hydrogens (tertiary/aromatic N) is 2. The molecule has 0 fully saturated rings. The Labute approximate surface area is 94.8 Å². The third-order valence-electron chi connectivity index (χ3n) is 1.84. The number of aryl methyl sites for hydroxylation is 1. The summed E-state index contributed by atoms with van der Waals surface area (Å²) in [5.41, 5.74) is 0. The highest BCUT2D eigenvalue weighted by Gasteiger charge is 2.04. The zero-order valence-electron chi connectivity index (χ0n) is 9.91. The highest BCUT2D eigenvalue weighted by atomic mass is 16.4. The summed E-state index contributed by atoms with van der Waals surface area (Å²) in [5, 5.41) is 13.2. The fourth-order valence-electron chi connectivity index (χ4n) is 1.07. The molecule has 0 unspecified atom stereocenters. The van der Waals surface area contributed by atoms with Crippen LogP contribution in [0, 0.1) is 12.8 Å². The fourth-order valence-corrected chi connectivity index (χ4v) is 1.07. The smallest absolute Gasteiger partial charge is 0.233 e. The molecule has 16 heavy (non-hydrogen) atoms. The van der Waals surface area contributed by atoms with E-state index in [1.54, 1.807) is 6.92 Å². The standard InChI is InChI=1S/C10H18N4O2/c1-7(2)4-12-9(15)5-11-6-10-14-13-8(3)16-10/h7,11H,4-6H2,1-3H3,(H,12,15). The van der Waals surface area contributed by atoms with Gasteiger partial charge in [-0.3, -0.25) is 10.1 Å². The second-order valence-corrected chi connectivity index (χ2v) is 4.02. The van der Waals surface area contributed by atoms with Crippen LogP contribution in [0.25, 0.3) is 0 Å². The van der Waals surface area contributed by atoms with Gasteiger partial charge in [-0.15, -0.1) is 10.2 Å². The summed E-state index contributed by atoms with van der Waals surface area (Å²) in [4.78, 5) is 11.3. The van der Waals surface area contributed by atoms with Crippen LogP contribution in [0.4, 0.5) is 0 Å². The Morgan fingerprint density at radius 2 is 2.19 bits per heavy atom. The molecule has 6 heteroatoms. The van der Waals surface area contributed by atoms with Crippen molar-refractivity contribution in [2.75, 3.05) is 13.1 Å². The minimum Gasteiger partial charge on any atom is -0.424 e. The zero-order valence-corrected chi connectivity index (χ0v) is 9.91. The molecule has 1 aromatic heterocycles. The Bertz CT molecular complexity index is 335. The quantitative estimate of drug-likeness (QED) is 0.726. The minimum absolute atomic E-state index is 0.0232. The number of amides is 1. The zero-order chi connectivity index (χ0) is 12.0. The number of nitrogens with one attached hydrogen (secondary N) is 2. The summed E-state index contributed by atoms with van der Waals surface area (Å²) in [6.45, 7) is 7.19. The first-order valence-electron chi connectivity index (χ1n) is 5.34. The maximum atomic E-state index is 11.3. The number of carbonyl (C=O) groups is 1. The monoisotopic (exact) mass is 226 g/mol. The van der Waals surface area contributed by atoms with Crippen molar-refractivity contribution < 1.29 is 9.21 Å². The van der Waals surface area contributed by atoms with E-state index in [9.17, 15) is 4.79 Å². The van der Waals surface area contributed by atoms with Gasteiger partial charge in [0.1, 0.15) is 0 Å². The first kappa shape index (κ1) is 12.6. The fraction of sp³-hybridized carbons (Fsp3) is 0.700. The molecule has 0 aliphatic heterocycles. The largest absolute Gasteiger partial charge is 0.424 e. The molecule has 6 nitrogen and oxygen atoms in total. The lowest BCUT2D eigenvalue weighted by Gasteiger charge is -2.07. The van der Waals surface area contributed by atoms with Gasteiger partial charge in [0.2, 0.25) is 17.7 Å². The molecular weight excluding hydrogens is 208 g/mol. The van der Waals surface area contributed by atoms with Gasteiger partial charge in [-0.2, -0.15) is 0 Å². The van der Waals surface area contributed by atoms with Gasteiger partial charge in [0.05, 0.1) is 13.1 Å². The Morgan fingerprint density at radius 3 is 2.75 bits per heavy atom. The van der Waals surface area contributed by atoms with E-state index in [0.717, 1.165) is 0 Å². The Balaban J connectivity index is 2.13. The normalized spacial score (nSPS) is 10.8. The molecule has 0 aromatic carbocycles. The molecule has 2 N–H and O–H groups in total. The Kier molecular flexibility index (Phi) is 4.91. The van der Waals surface area contributed by atoms with E-state index in [-0.39, 0.29) is 12.5 Å². The Morgan fingerprint density at radius 1 is 1.44 bits per heavy atom. The van der Waals surface area contributed by atoms with Gasteiger partial charge in [-0.05, 0) is 5.92 Å². The topological polar surface area (TPSA) is 80.0 Å². The van der Waals surface area contributed by atoms with Crippen molar-refractivity contribution in [1.29, 1.82) is 0 Å². The number of rotatable bonds is 6. The van der Waals surface area contributed by atoms with E-state index in [0.29, 0.717) is 30.8 Å². The lowest BCUT2D eigenvalue weighted by molar-refractivity contribution is -0.120. The van der Waals surface area contributed by atoms with Crippen LogP contribution in [0.1, 0.15) is 25.6 Å². The maximum Gasteiger partial charge on any atom is 0.233 e. The molecule has 0 saturated heterocycles. The number of carbonyl (C=O) groups excluding carboxylic acids is 1. The van der Waals surface area contributed by atoms with Crippen LogP contribution in [0.3, 0.4) is 0 Å². The third-order valence-corrected chi connectivity index (χ3v) is 1.84. The summed E-state index contributed by atoms with van der Waals surface area (Å²) in [5.74, 6) is 1.46. The van der Waals surface area contributed by atoms with E-state index >= 15 is 0 Å². The first-order chi connectivity index (χ1) is 7.58. The molecular formula is C10H18N4O2. The summed E-state index contributed by atoms with van der Waals surface area (Å²) in [7, 11) is 0. The first-order valence-corrected chi connectivity index (χ1v) is 5.34. The second kappa shape index (κ2) is 6.22. The summed E-state index contributed by atoms with van der Waals surface area (Å²) >= 11 is 0. The predicted molar refractivity (Wildman–Crippen MR) is 58.6 cm³/mol. The number of hydrogen-bond donors (Lipinski definition) is 2. The molecule has 1 rings (SSSR count). The lowest BCUT2D eigenvalue weighted by atomic mass is 10.2. The predicted octanol–water partition coefficient (Wildman–Crippen LogP) is 0.240. The molecule has 0 saturated carbocycles. The van der Waals surface area contributed by atoms with E-state index in [2.05, 4.69) is 34.7 Å². The van der Waals surface area contributed by atoms with Crippen molar-refractivity contribution in [1.82, 2.24) is 20.8 Å². The van der Waals surface area contributed by atoms with Crippen molar-refractivity contribution in [3.63, 3.8) is 0 Å². The molecule has 1 amide bonds. The van der Waals surface area contributed by atoms with Gasteiger partial charge in [0.25, 0.3) is 0 Å². The van der Waals surface area contributed by atoms with Gasteiger partial charge in [0, 0.05) is 13.5 Å². The molecule has 90 valence electrons. The van der Waals surface area contributed by atoms with E-state index in [1.807, 2.05) is 0 Å². The van der Waals surface area contributed by atoms with Gasteiger partial charge in [-0.25, -0.2) is 0 Å². The maximum absolute atomic E-state index is 11.3. The SMILES string of the molecule is Cc1nnc(CNCC(=O)NCC(C)C)o1. The van der Waals surface area contributed by atoms with E-state index in [1.165, 1.54) is 0 Å². The highest BCUT2D eigenvalue weighted by Crippen LogP contribution is 1.95. The van der Waals surface area contributed by atoms with Crippen molar-refractivity contribution in [3.8, 4) is 0 Å². The summed E-state index contributed by atoms with van der Waals surface area (Å²) < 4.78 is 5.15. The second-order valence-electron chi connectivity index (χ2n) is 4.02. The van der Waals surface area contributed by atoms with Crippen LogP contribution in [-0.4, -0.2) is 29.2 Å². The molecule has 0 radical (unpaired) electrons. The van der Waals surface area contributed by atoms with Gasteiger partial charge in [-0.1, -0.05) is 13.8 Å². The summed E-state index contributed by atoms with van der Waals surface area (Å²) in [6.07, 6.45) is 0. The van der Waals surface area contributed by atoms with Crippen LogP contribution in [0.15, 0.2) is 4.42 Å². The van der Waals surface area contributed by atoms with Crippen molar-refractivity contribution in [2.45, 2.75) is 27.3 Å². The van der Waals surface area contributed by atoms with Gasteiger partial charge in [0.15, 0.2) is 0 Å². The molecule has 0 atom stereocenters. The average molecular weight is 226 g/mol. The van der Waals surface area contributed by atoms with Crippen molar-refractivity contribution in [3.05, 3.63) is 11.8 Å². The molecule has 1 aromatic rings. The van der Waals surface area contributed by atoms with Crippen LogP contribution in [0.5, 0.6) is 0 Å². The summed E-state index contributed by atoms with van der Waals surface area (Å²) in [6, 6.07) is 0. The third kappa shape index (κ3) is 4.88. The van der Waals surface area contributed by atoms with Gasteiger partial charge < -0.3 is 9.73 Å². The van der Waals surface area contributed by atoms with Crippen LogP contribution in [-0.2, 0) is 11.3 Å². The average Bonchev–Trinajstić information content (AvgIpc) is 2.61. The Hall–Kier alpha value is -1.43. The molecule has 0 aliphatic carbocycles. The minimum atomic E-state index is -0.0232. The van der Waals surface area contributed by atoms with Crippen LogP contribution in [0.2, 0.25) is 0 Å². The van der Waals surface area contributed by atoms with Crippen LogP contribution >= 0.6 is 0 Å². The van der Waals surface area contributed by atoms with E-state index < -0.39 is 0 Å². The molecule has 0 bridgehead atoms. The van der Waals surface area contributed by atoms with E-state index in [4.69, 9.17) is 4.42 Å². The lowest BCUT2D eigenvalue weighted by Crippen LogP contribution is -2.35. The molecule has 1 heterocycles. The van der Waals surface area contributed by atoms with Crippen molar-refractivity contribution >= 4 is 5.91 Å². The number of aromatic nitrogens is 2. The number of hydrogen-bond acceptors (Lipinski definition) is 5. The highest BCUT2D eigenvalue weighted by molar-refractivity contribution is 5.77. The molecule has 0 spiro atoms. The van der Waals surface area contributed by atoms with Gasteiger partial charge >= 0.3 is 0 Å². The van der Waals surface area contributed by atoms with Crippen molar-refractivity contribution in [2.24, 2.45) is 5.92 Å².